The van der Waals surface area contributed by atoms with Crippen molar-refractivity contribution in [3.63, 3.8) is 0 Å². The monoisotopic (exact) mass is 289 g/mol. The molecule has 1 aromatic carbocycles. The summed E-state index contributed by atoms with van der Waals surface area (Å²) >= 11 is 0. The van der Waals surface area contributed by atoms with E-state index in [-0.39, 0.29) is 5.92 Å². The van der Waals surface area contributed by atoms with Gasteiger partial charge in [0.15, 0.2) is 0 Å². The standard InChI is InChI=1S/C18H27NO2/c1-3-19(13-14(2)18(20)21)17-12-8-7-11-16(17)15-9-5-4-6-10-15/h4-6,9-10,14,16-17H,3,7-8,11-13H2,1-2H3,(H,20,21). The second-order valence-electron chi connectivity index (χ2n) is 6.20. The number of carbonyl (C=O) groups is 1. The number of carboxylic acids is 1. The minimum absolute atomic E-state index is 0.303. The highest BCUT2D eigenvalue weighted by Crippen LogP contribution is 2.36. The average Bonchev–Trinajstić information content (AvgIpc) is 2.53. The van der Waals surface area contributed by atoms with Crippen LogP contribution in [0.3, 0.4) is 0 Å². The van der Waals surface area contributed by atoms with Crippen molar-refractivity contribution in [3.8, 4) is 0 Å². The zero-order chi connectivity index (χ0) is 15.2. The fourth-order valence-electron chi connectivity index (χ4n) is 3.57. The summed E-state index contributed by atoms with van der Waals surface area (Å²) in [6.45, 7) is 5.53. The topological polar surface area (TPSA) is 40.5 Å². The quantitative estimate of drug-likeness (QED) is 0.867. The van der Waals surface area contributed by atoms with E-state index in [2.05, 4.69) is 42.2 Å². The van der Waals surface area contributed by atoms with Gasteiger partial charge in [0.05, 0.1) is 5.92 Å². The van der Waals surface area contributed by atoms with Crippen molar-refractivity contribution < 1.29 is 9.90 Å². The summed E-state index contributed by atoms with van der Waals surface area (Å²) < 4.78 is 0. The summed E-state index contributed by atoms with van der Waals surface area (Å²) in [6, 6.07) is 11.2. The van der Waals surface area contributed by atoms with Crippen LogP contribution in [0.2, 0.25) is 0 Å². The lowest BCUT2D eigenvalue weighted by molar-refractivity contribution is -0.142. The van der Waals surface area contributed by atoms with Crippen molar-refractivity contribution in [1.82, 2.24) is 4.90 Å². The van der Waals surface area contributed by atoms with Gasteiger partial charge in [-0.25, -0.2) is 0 Å². The van der Waals surface area contributed by atoms with E-state index in [1.807, 2.05) is 6.92 Å². The highest BCUT2D eigenvalue weighted by atomic mass is 16.4. The number of carboxylic acid groups (broad SMARTS) is 1. The van der Waals surface area contributed by atoms with E-state index in [1.165, 1.54) is 31.2 Å². The summed E-state index contributed by atoms with van der Waals surface area (Å²) in [6.07, 6.45) is 4.93. The lowest BCUT2D eigenvalue weighted by Crippen LogP contribution is -2.44. The Balaban J connectivity index is 2.14. The van der Waals surface area contributed by atoms with Gasteiger partial charge in [0.25, 0.3) is 0 Å². The van der Waals surface area contributed by atoms with Gasteiger partial charge >= 0.3 is 5.97 Å². The molecule has 1 N–H and O–H groups in total. The molecule has 0 radical (unpaired) electrons. The Labute approximate surface area is 128 Å². The summed E-state index contributed by atoms with van der Waals surface area (Å²) in [5.41, 5.74) is 1.41. The van der Waals surface area contributed by atoms with Gasteiger partial charge in [-0.1, -0.05) is 57.0 Å². The summed E-state index contributed by atoms with van der Waals surface area (Å²) in [4.78, 5) is 13.5. The molecule has 0 heterocycles. The number of likely N-dealkylation sites (N-methyl/N-ethyl adjacent to an activating group) is 1. The van der Waals surface area contributed by atoms with Crippen molar-refractivity contribution in [2.75, 3.05) is 13.1 Å². The third kappa shape index (κ3) is 4.07. The Kier molecular flexibility index (Phi) is 5.80. The van der Waals surface area contributed by atoms with Crippen LogP contribution in [0.4, 0.5) is 0 Å². The van der Waals surface area contributed by atoms with Crippen LogP contribution in [0.25, 0.3) is 0 Å². The number of hydrogen-bond acceptors (Lipinski definition) is 2. The number of benzene rings is 1. The number of hydrogen-bond donors (Lipinski definition) is 1. The molecular formula is C18H27NO2. The first-order valence-electron chi connectivity index (χ1n) is 8.15. The van der Waals surface area contributed by atoms with Crippen molar-refractivity contribution in [3.05, 3.63) is 35.9 Å². The molecule has 1 aliphatic carbocycles. The molecule has 21 heavy (non-hydrogen) atoms. The van der Waals surface area contributed by atoms with Crippen LogP contribution in [-0.2, 0) is 4.79 Å². The first kappa shape index (κ1) is 16.0. The molecule has 1 aliphatic rings. The van der Waals surface area contributed by atoms with E-state index in [1.54, 1.807) is 0 Å². The largest absolute Gasteiger partial charge is 0.481 e. The van der Waals surface area contributed by atoms with Crippen molar-refractivity contribution in [2.45, 2.75) is 51.5 Å². The lowest BCUT2D eigenvalue weighted by Gasteiger charge is -2.40. The highest BCUT2D eigenvalue weighted by molar-refractivity contribution is 5.69. The van der Waals surface area contributed by atoms with Gasteiger partial charge in [0, 0.05) is 12.6 Å². The smallest absolute Gasteiger partial charge is 0.307 e. The molecule has 1 aromatic rings. The number of aliphatic carboxylic acids is 1. The second-order valence-corrected chi connectivity index (χ2v) is 6.20. The fourth-order valence-corrected chi connectivity index (χ4v) is 3.57. The van der Waals surface area contributed by atoms with Crippen LogP contribution in [0.1, 0.15) is 51.0 Å². The minimum Gasteiger partial charge on any atom is -0.481 e. The molecule has 1 saturated carbocycles. The molecule has 116 valence electrons. The SMILES string of the molecule is CCN(CC(C)C(=O)O)C1CCCCC1c1ccccc1. The Morgan fingerprint density at radius 1 is 1.29 bits per heavy atom. The van der Waals surface area contributed by atoms with E-state index >= 15 is 0 Å². The van der Waals surface area contributed by atoms with Crippen LogP contribution in [0.15, 0.2) is 30.3 Å². The Morgan fingerprint density at radius 2 is 1.95 bits per heavy atom. The molecule has 0 bridgehead atoms. The van der Waals surface area contributed by atoms with Gasteiger partial charge in [0.2, 0.25) is 0 Å². The predicted octanol–water partition coefficient (Wildman–Crippen LogP) is 3.76. The van der Waals surface area contributed by atoms with Gasteiger partial charge in [-0.05, 0) is 30.9 Å². The third-order valence-corrected chi connectivity index (χ3v) is 4.76. The Hall–Kier alpha value is -1.35. The maximum Gasteiger partial charge on any atom is 0.307 e. The summed E-state index contributed by atoms with van der Waals surface area (Å²) in [5, 5.41) is 9.18. The van der Waals surface area contributed by atoms with Crippen LogP contribution in [-0.4, -0.2) is 35.1 Å². The highest BCUT2D eigenvalue weighted by Gasteiger charge is 2.31. The first-order valence-corrected chi connectivity index (χ1v) is 8.15. The molecule has 3 nitrogen and oxygen atoms in total. The van der Waals surface area contributed by atoms with E-state index in [0.717, 1.165) is 6.54 Å². The fraction of sp³-hybridized carbons (Fsp3) is 0.611. The van der Waals surface area contributed by atoms with E-state index in [9.17, 15) is 9.90 Å². The first-order chi connectivity index (χ1) is 10.1. The minimum atomic E-state index is -0.694. The van der Waals surface area contributed by atoms with Gasteiger partial charge in [-0.2, -0.15) is 0 Å². The molecule has 3 atom stereocenters. The van der Waals surface area contributed by atoms with Gasteiger partial charge in [-0.3, -0.25) is 9.69 Å². The van der Waals surface area contributed by atoms with Crippen molar-refractivity contribution >= 4 is 5.97 Å². The van der Waals surface area contributed by atoms with Gasteiger partial charge in [0.1, 0.15) is 0 Å². The Morgan fingerprint density at radius 3 is 2.57 bits per heavy atom. The molecule has 3 unspecified atom stereocenters. The number of rotatable bonds is 6. The van der Waals surface area contributed by atoms with Crippen LogP contribution in [0, 0.1) is 5.92 Å². The third-order valence-electron chi connectivity index (χ3n) is 4.76. The van der Waals surface area contributed by atoms with E-state index < -0.39 is 5.97 Å². The normalized spacial score (nSPS) is 24.0. The molecule has 3 heteroatoms. The van der Waals surface area contributed by atoms with Crippen LogP contribution >= 0.6 is 0 Å². The Bertz CT molecular complexity index is 446. The molecule has 0 saturated heterocycles. The molecular weight excluding hydrogens is 262 g/mol. The summed E-state index contributed by atoms with van der Waals surface area (Å²) in [5.74, 6) is -0.454. The predicted molar refractivity (Wildman–Crippen MR) is 85.5 cm³/mol. The van der Waals surface area contributed by atoms with Crippen LogP contribution < -0.4 is 0 Å². The second kappa shape index (κ2) is 7.60. The van der Waals surface area contributed by atoms with E-state index in [4.69, 9.17) is 0 Å². The lowest BCUT2D eigenvalue weighted by atomic mass is 9.79. The molecule has 0 spiro atoms. The number of nitrogens with zero attached hydrogens (tertiary/aromatic N) is 1. The molecule has 1 fully saturated rings. The van der Waals surface area contributed by atoms with E-state index in [0.29, 0.717) is 18.5 Å². The molecule has 0 amide bonds. The van der Waals surface area contributed by atoms with Crippen LogP contribution in [0.5, 0.6) is 0 Å². The maximum atomic E-state index is 11.2. The zero-order valence-corrected chi connectivity index (χ0v) is 13.2. The molecule has 0 aromatic heterocycles. The molecule has 0 aliphatic heterocycles. The summed E-state index contributed by atoms with van der Waals surface area (Å²) in [7, 11) is 0. The van der Waals surface area contributed by atoms with Crippen molar-refractivity contribution in [1.29, 1.82) is 0 Å². The zero-order valence-electron chi connectivity index (χ0n) is 13.2. The average molecular weight is 289 g/mol. The van der Waals surface area contributed by atoms with Gasteiger partial charge in [-0.15, -0.1) is 0 Å². The van der Waals surface area contributed by atoms with Crippen molar-refractivity contribution in [2.24, 2.45) is 5.92 Å². The maximum absolute atomic E-state index is 11.2. The molecule has 2 rings (SSSR count). The van der Waals surface area contributed by atoms with Gasteiger partial charge < -0.3 is 5.11 Å².